The van der Waals surface area contributed by atoms with Crippen LogP contribution >= 0.6 is 0 Å². The summed E-state index contributed by atoms with van der Waals surface area (Å²) in [6, 6.07) is 3.86. The van der Waals surface area contributed by atoms with Gasteiger partial charge in [0.15, 0.2) is 5.65 Å². The number of piperidine rings is 1. The molecule has 10 heteroatoms. The molecule has 0 aromatic carbocycles. The van der Waals surface area contributed by atoms with E-state index in [0.29, 0.717) is 25.0 Å². The van der Waals surface area contributed by atoms with Crippen molar-refractivity contribution >= 4 is 37.8 Å². The summed E-state index contributed by atoms with van der Waals surface area (Å²) in [6.45, 7) is 4.03. The number of aromatic nitrogens is 4. The Morgan fingerprint density at radius 2 is 2.21 bits per heavy atom. The monoisotopic (exact) mass is 399 g/mol. The molecule has 0 saturated carbocycles. The number of fused-ring (bicyclic) bond motifs is 3. The first kappa shape index (κ1) is 18.6. The molecule has 4 heterocycles. The lowest BCUT2D eigenvalue weighted by molar-refractivity contribution is 0.466. The average molecular weight is 399 g/mol. The summed E-state index contributed by atoms with van der Waals surface area (Å²) in [5.74, 6) is 1.46. The maximum Gasteiger partial charge on any atom is 0.217 e. The fraction of sp³-hybridized carbons (Fsp3) is 0.444. The maximum atomic E-state index is 12.6. The zero-order chi connectivity index (χ0) is 19.9. The lowest BCUT2D eigenvalue weighted by Gasteiger charge is -2.39. The van der Waals surface area contributed by atoms with E-state index >= 15 is 0 Å². The standard InChI is InChI=1S/C18H21N7O2S/c1-11-3-4-13(28(26,27)22-8-6-19)10-25(11)18-16-14-5-7-20-17(14)21-9-15(16)23-12(2)24-18/h5,7,9,11,13,22H,3-4,8,10H2,1-2H3,(H,23,24). The molecule has 1 aliphatic rings. The Morgan fingerprint density at radius 1 is 1.39 bits per heavy atom. The highest BCUT2D eigenvalue weighted by atomic mass is 32.2. The van der Waals surface area contributed by atoms with Gasteiger partial charge in [-0.05, 0) is 32.8 Å². The van der Waals surface area contributed by atoms with Crippen LogP contribution in [0, 0.1) is 18.3 Å². The lowest BCUT2D eigenvalue weighted by atomic mass is 10.0. The van der Waals surface area contributed by atoms with Crippen molar-refractivity contribution in [1.82, 2.24) is 24.7 Å². The molecule has 0 aliphatic carbocycles. The zero-order valence-electron chi connectivity index (χ0n) is 15.7. The number of H-pyrrole nitrogens is 1. The first-order valence-electron chi connectivity index (χ1n) is 9.13. The third-order valence-corrected chi connectivity index (χ3v) is 7.06. The van der Waals surface area contributed by atoms with Gasteiger partial charge in [0.25, 0.3) is 0 Å². The van der Waals surface area contributed by atoms with Gasteiger partial charge in [-0.15, -0.1) is 0 Å². The fourth-order valence-corrected chi connectivity index (χ4v) is 5.12. The van der Waals surface area contributed by atoms with Gasteiger partial charge >= 0.3 is 0 Å². The average Bonchev–Trinajstić information content (AvgIpc) is 3.14. The normalized spacial score (nSPS) is 20.5. The van der Waals surface area contributed by atoms with Crippen molar-refractivity contribution in [2.45, 2.75) is 38.0 Å². The first-order chi connectivity index (χ1) is 13.4. The second kappa shape index (κ2) is 7.00. The van der Waals surface area contributed by atoms with Crippen molar-refractivity contribution in [3.8, 4) is 6.07 Å². The maximum absolute atomic E-state index is 12.6. The second-order valence-electron chi connectivity index (χ2n) is 7.10. The summed E-state index contributed by atoms with van der Waals surface area (Å²) in [5, 5.41) is 9.89. The van der Waals surface area contributed by atoms with Gasteiger partial charge in [-0.3, -0.25) is 0 Å². The Labute approximate surface area is 162 Å². The minimum Gasteiger partial charge on any atom is -0.352 e. The molecule has 4 rings (SSSR count). The van der Waals surface area contributed by atoms with Crippen molar-refractivity contribution in [2.24, 2.45) is 0 Å². The summed E-state index contributed by atoms with van der Waals surface area (Å²) < 4.78 is 27.6. The topological polar surface area (TPSA) is 128 Å². The minimum absolute atomic E-state index is 0.131. The Morgan fingerprint density at radius 3 is 3.00 bits per heavy atom. The molecular formula is C18H21N7O2S. The highest BCUT2D eigenvalue weighted by molar-refractivity contribution is 7.90. The number of nitriles is 1. The first-order valence-corrected chi connectivity index (χ1v) is 10.7. The van der Waals surface area contributed by atoms with Gasteiger partial charge in [0.05, 0.1) is 35.0 Å². The van der Waals surface area contributed by atoms with Crippen LogP contribution in [0.25, 0.3) is 21.9 Å². The summed E-state index contributed by atoms with van der Waals surface area (Å²) in [5.41, 5.74) is 1.47. The molecule has 1 aliphatic heterocycles. The highest BCUT2D eigenvalue weighted by Crippen LogP contribution is 2.34. The second-order valence-corrected chi connectivity index (χ2v) is 9.15. The molecule has 1 fully saturated rings. The fourth-order valence-electron chi connectivity index (χ4n) is 3.81. The third-order valence-electron chi connectivity index (χ3n) is 5.25. The SMILES string of the molecule is Cc1nc(N2CC(S(=O)(=O)NCC#N)CCC2C)c2c(cnc3nccc32)[nH]1. The smallest absolute Gasteiger partial charge is 0.217 e. The van der Waals surface area contributed by atoms with E-state index in [4.69, 9.17) is 10.2 Å². The van der Waals surface area contributed by atoms with Gasteiger partial charge in [-0.1, -0.05) is 0 Å². The van der Waals surface area contributed by atoms with Crippen molar-refractivity contribution in [3.63, 3.8) is 0 Å². The van der Waals surface area contributed by atoms with Crippen LogP contribution in [0.5, 0.6) is 0 Å². The molecule has 0 spiro atoms. The van der Waals surface area contributed by atoms with Gasteiger partial charge in [0.1, 0.15) is 11.6 Å². The summed E-state index contributed by atoms with van der Waals surface area (Å²) >= 11 is 0. The van der Waals surface area contributed by atoms with Gasteiger partial charge in [-0.25, -0.2) is 28.1 Å². The lowest BCUT2D eigenvalue weighted by Crippen LogP contribution is -2.50. The largest absolute Gasteiger partial charge is 0.352 e. The van der Waals surface area contributed by atoms with Crippen molar-refractivity contribution in [1.29, 1.82) is 5.26 Å². The van der Waals surface area contributed by atoms with Crippen LogP contribution in [-0.2, 0) is 10.0 Å². The number of rotatable bonds is 4. The number of nitrogens with zero attached hydrogens (tertiary/aromatic N) is 5. The quantitative estimate of drug-likeness (QED) is 0.638. The van der Waals surface area contributed by atoms with E-state index in [1.54, 1.807) is 12.4 Å². The highest BCUT2D eigenvalue weighted by Gasteiger charge is 2.35. The van der Waals surface area contributed by atoms with Crippen LogP contribution < -0.4 is 9.62 Å². The van der Waals surface area contributed by atoms with Crippen LogP contribution in [0.3, 0.4) is 0 Å². The van der Waals surface area contributed by atoms with Crippen LogP contribution in [0.15, 0.2) is 18.5 Å². The molecule has 2 unspecified atom stereocenters. The zero-order valence-corrected chi connectivity index (χ0v) is 16.5. The minimum atomic E-state index is -3.58. The molecule has 0 amide bonds. The molecule has 9 nitrogen and oxygen atoms in total. The molecule has 1 saturated heterocycles. The number of anilines is 1. The molecule has 3 aromatic rings. The number of aryl methyl sites for hydroxylation is 1. The van der Waals surface area contributed by atoms with Gasteiger partial charge < -0.3 is 9.88 Å². The van der Waals surface area contributed by atoms with Crippen LogP contribution in [-0.4, -0.2) is 52.7 Å². The van der Waals surface area contributed by atoms with E-state index in [1.807, 2.05) is 19.1 Å². The number of nitrogens with one attached hydrogen (secondary N) is 2. The van der Waals surface area contributed by atoms with Gasteiger partial charge in [0.2, 0.25) is 10.0 Å². The molecule has 28 heavy (non-hydrogen) atoms. The molecule has 0 radical (unpaired) electrons. The Bertz CT molecular complexity index is 1180. The van der Waals surface area contributed by atoms with Crippen molar-refractivity contribution in [2.75, 3.05) is 18.0 Å². The number of hydrogen-bond donors (Lipinski definition) is 2. The molecule has 2 atom stereocenters. The Hall–Kier alpha value is -2.77. The number of aromatic amines is 1. The van der Waals surface area contributed by atoms with E-state index < -0.39 is 15.3 Å². The number of hydrogen-bond acceptors (Lipinski definition) is 7. The van der Waals surface area contributed by atoms with Crippen molar-refractivity contribution in [3.05, 3.63) is 24.3 Å². The van der Waals surface area contributed by atoms with E-state index in [1.165, 1.54) is 0 Å². The molecular weight excluding hydrogens is 378 g/mol. The summed E-state index contributed by atoms with van der Waals surface area (Å²) in [7, 11) is -3.58. The molecule has 0 bridgehead atoms. The Kier molecular flexibility index (Phi) is 4.64. The third kappa shape index (κ3) is 3.16. The number of sulfonamides is 1. The van der Waals surface area contributed by atoms with Gasteiger partial charge in [-0.2, -0.15) is 5.26 Å². The predicted octanol–water partition coefficient (Wildman–Crippen LogP) is 1.61. The van der Waals surface area contributed by atoms with E-state index in [-0.39, 0.29) is 12.6 Å². The van der Waals surface area contributed by atoms with E-state index in [2.05, 4.69) is 31.5 Å². The number of pyridine rings is 1. The van der Waals surface area contributed by atoms with Crippen LogP contribution in [0.4, 0.5) is 5.82 Å². The van der Waals surface area contributed by atoms with Crippen molar-refractivity contribution < 1.29 is 8.42 Å². The predicted molar refractivity (Wildman–Crippen MR) is 106 cm³/mol. The summed E-state index contributed by atoms with van der Waals surface area (Å²) in [4.78, 5) is 18.7. The molecule has 2 N–H and O–H groups in total. The summed E-state index contributed by atoms with van der Waals surface area (Å²) in [6.07, 6.45) is 4.70. The molecule has 3 aromatic heterocycles. The van der Waals surface area contributed by atoms with Gasteiger partial charge in [0, 0.05) is 24.2 Å². The van der Waals surface area contributed by atoms with Crippen LogP contribution in [0.1, 0.15) is 25.6 Å². The van der Waals surface area contributed by atoms with E-state index in [9.17, 15) is 8.42 Å². The van der Waals surface area contributed by atoms with E-state index in [0.717, 1.165) is 27.9 Å². The Balaban J connectivity index is 1.82. The van der Waals surface area contributed by atoms with Crippen LogP contribution in [0.2, 0.25) is 0 Å². The molecule has 146 valence electrons.